The van der Waals surface area contributed by atoms with E-state index in [2.05, 4.69) is 23.9 Å². The number of piperazine rings is 1. The number of benzene rings is 1. The zero-order valence-corrected chi connectivity index (χ0v) is 20.5. The largest absolute Gasteiger partial charge is 0.493 e. The van der Waals surface area contributed by atoms with Crippen LogP contribution in [0.5, 0.6) is 17.2 Å². The van der Waals surface area contributed by atoms with Crippen LogP contribution in [-0.2, 0) is 19.0 Å². The minimum Gasteiger partial charge on any atom is -0.493 e. The van der Waals surface area contributed by atoms with Gasteiger partial charge in [0.1, 0.15) is 6.10 Å². The van der Waals surface area contributed by atoms with Crippen LogP contribution in [0.1, 0.15) is 36.4 Å². The molecule has 188 valence electrons. The van der Waals surface area contributed by atoms with E-state index >= 15 is 0 Å². The lowest BCUT2D eigenvalue weighted by molar-refractivity contribution is -0.155. The third kappa shape index (κ3) is 3.30. The first-order valence-corrected chi connectivity index (χ1v) is 12.1. The second kappa shape index (κ2) is 8.61. The van der Waals surface area contributed by atoms with Crippen LogP contribution >= 0.6 is 0 Å². The van der Waals surface area contributed by atoms with E-state index in [-0.39, 0.29) is 25.5 Å². The van der Waals surface area contributed by atoms with Gasteiger partial charge in [0.2, 0.25) is 12.5 Å². The number of hydrogen-bond acceptors (Lipinski definition) is 9. The first-order valence-electron chi connectivity index (χ1n) is 12.1. The monoisotopic (exact) mass is 485 g/mol. The van der Waals surface area contributed by atoms with E-state index in [4.69, 9.17) is 28.4 Å². The Bertz CT molecular complexity index is 1110. The van der Waals surface area contributed by atoms with Gasteiger partial charge in [-0.25, -0.2) is 5.01 Å². The third-order valence-electron chi connectivity index (χ3n) is 7.60. The Balaban J connectivity index is 1.60. The molecular weight excluding hydrogens is 454 g/mol. The van der Waals surface area contributed by atoms with Crippen molar-refractivity contribution in [2.75, 3.05) is 61.0 Å². The molecule has 0 spiro atoms. The standard InChI is InChI=1S/C25H31N3O7/c1-5-16-14-10-17(30-3)21-23(34-12-32-21)19(14)20-15(11-18(31-4)22-24(20)35-13-33-22)25(29)28(16)27-8-6-26(2)7-9-27/h10-11,16,20,24H,5-9,12-13H2,1-4H3. The zero-order valence-electron chi connectivity index (χ0n) is 20.5. The van der Waals surface area contributed by atoms with Gasteiger partial charge >= 0.3 is 0 Å². The summed E-state index contributed by atoms with van der Waals surface area (Å²) in [6.45, 7) is 5.58. The maximum atomic E-state index is 14.4. The summed E-state index contributed by atoms with van der Waals surface area (Å²) < 4.78 is 35.1. The molecule has 0 radical (unpaired) electrons. The van der Waals surface area contributed by atoms with E-state index in [1.165, 1.54) is 0 Å². The third-order valence-corrected chi connectivity index (χ3v) is 7.60. The number of ether oxygens (including phenoxy) is 6. The predicted molar refractivity (Wildman–Crippen MR) is 124 cm³/mol. The van der Waals surface area contributed by atoms with Gasteiger partial charge in [-0.3, -0.25) is 9.80 Å². The number of allylic oxidation sites excluding steroid dienone is 1. The summed E-state index contributed by atoms with van der Waals surface area (Å²) in [7, 11) is 5.31. The second-order valence-corrected chi connectivity index (χ2v) is 9.34. The molecule has 4 aliphatic heterocycles. The van der Waals surface area contributed by atoms with Crippen LogP contribution in [0, 0.1) is 0 Å². The molecule has 35 heavy (non-hydrogen) atoms. The molecule has 1 aromatic rings. The van der Waals surface area contributed by atoms with Gasteiger partial charge in [-0.1, -0.05) is 6.92 Å². The number of likely N-dealkylation sites (N-methyl/N-ethyl adjacent to an activating group) is 1. The van der Waals surface area contributed by atoms with Gasteiger partial charge in [0, 0.05) is 37.3 Å². The van der Waals surface area contributed by atoms with Gasteiger partial charge in [0.05, 0.1) is 26.2 Å². The summed E-state index contributed by atoms with van der Waals surface area (Å²) in [5.41, 5.74) is 2.47. The topological polar surface area (TPSA) is 82.2 Å². The number of hydrogen-bond donors (Lipinski definition) is 0. The van der Waals surface area contributed by atoms with E-state index < -0.39 is 12.0 Å². The number of amides is 1. The van der Waals surface area contributed by atoms with Crippen molar-refractivity contribution in [2.24, 2.45) is 0 Å². The van der Waals surface area contributed by atoms with Crippen molar-refractivity contribution in [2.45, 2.75) is 31.4 Å². The number of methoxy groups -OCH3 is 2. The SMILES string of the molecule is CCC1c2cc(OC)c3c(c2C2C(=CC(OC)=C4OCOC42)C(=O)N1N1CCN(C)CC1)OCO3. The van der Waals surface area contributed by atoms with Gasteiger partial charge in [0.15, 0.2) is 29.8 Å². The van der Waals surface area contributed by atoms with E-state index in [9.17, 15) is 4.79 Å². The number of carbonyl (C=O) groups excluding carboxylic acids is 1. The van der Waals surface area contributed by atoms with Crippen LogP contribution in [-0.4, -0.2) is 88.0 Å². The highest BCUT2D eigenvalue weighted by Gasteiger charge is 2.51. The van der Waals surface area contributed by atoms with Crippen LogP contribution in [0.3, 0.4) is 0 Å². The average molecular weight is 486 g/mol. The maximum absolute atomic E-state index is 14.4. The summed E-state index contributed by atoms with van der Waals surface area (Å²) in [4.78, 5) is 16.7. The molecular formula is C25H31N3O7. The Labute approximate surface area is 204 Å². The number of fused-ring (bicyclic) bond motifs is 7. The number of hydrazine groups is 1. The molecule has 6 rings (SSSR count). The predicted octanol–water partition coefficient (Wildman–Crippen LogP) is 2.13. The Kier molecular flexibility index (Phi) is 5.54. The van der Waals surface area contributed by atoms with Crippen LogP contribution in [0.15, 0.2) is 29.2 Å². The first kappa shape index (κ1) is 22.5. The molecule has 10 heteroatoms. The van der Waals surface area contributed by atoms with Crippen molar-refractivity contribution < 1.29 is 33.2 Å². The Hall–Kier alpha value is -2.95. The fraction of sp³-hybridized carbons (Fsp3) is 0.560. The molecule has 10 nitrogen and oxygen atoms in total. The summed E-state index contributed by atoms with van der Waals surface area (Å²) in [6.07, 6.45) is 2.03. The maximum Gasteiger partial charge on any atom is 0.265 e. The van der Waals surface area contributed by atoms with Gasteiger partial charge in [0.25, 0.3) is 5.91 Å². The Morgan fingerprint density at radius 3 is 2.51 bits per heavy atom. The molecule has 1 amide bonds. The second-order valence-electron chi connectivity index (χ2n) is 9.34. The number of rotatable bonds is 4. The van der Waals surface area contributed by atoms with Crippen molar-refractivity contribution in [3.63, 3.8) is 0 Å². The van der Waals surface area contributed by atoms with Crippen molar-refractivity contribution >= 4 is 5.91 Å². The molecule has 2 fully saturated rings. The first-order chi connectivity index (χ1) is 17.1. The molecule has 1 aromatic carbocycles. The fourth-order valence-corrected chi connectivity index (χ4v) is 5.87. The normalized spacial score (nSPS) is 28.1. The van der Waals surface area contributed by atoms with Gasteiger partial charge in [-0.2, -0.15) is 0 Å². The molecule has 0 aromatic heterocycles. The lowest BCUT2D eigenvalue weighted by Gasteiger charge is -2.43. The highest BCUT2D eigenvalue weighted by Crippen LogP contribution is 2.57. The Morgan fingerprint density at radius 1 is 1.03 bits per heavy atom. The Morgan fingerprint density at radius 2 is 1.80 bits per heavy atom. The van der Waals surface area contributed by atoms with Gasteiger partial charge in [-0.05, 0) is 31.2 Å². The van der Waals surface area contributed by atoms with Crippen molar-refractivity contribution in [3.8, 4) is 17.2 Å². The zero-order chi connectivity index (χ0) is 24.3. The molecule has 4 heterocycles. The molecule has 2 saturated heterocycles. The molecule has 0 bridgehead atoms. The van der Waals surface area contributed by atoms with Crippen LogP contribution < -0.4 is 14.2 Å². The molecule has 3 atom stereocenters. The smallest absolute Gasteiger partial charge is 0.265 e. The molecule has 1 aliphatic carbocycles. The average Bonchev–Trinajstić information content (AvgIpc) is 3.55. The van der Waals surface area contributed by atoms with Gasteiger partial charge in [-0.15, -0.1) is 0 Å². The molecule has 0 N–H and O–H groups in total. The summed E-state index contributed by atoms with van der Waals surface area (Å²) in [5.74, 6) is 2.40. The van der Waals surface area contributed by atoms with E-state index in [0.717, 1.165) is 37.3 Å². The van der Waals surface area contributed by atoms with Crippen molar-refractivity contribution in [3.05, 3.63) is 40.4 Å². The highest BCUT2D eigenvalue weighted by atomic mass is 16.7. The van der Waals surface area contributed by atoms with Crippen molar-refractivity contribution in [1.29, 1.82) is 0 Å². The van der Waals surface area contributed by atoms with Gasteiger partial charge < -0.3 is 33.3 Å². The van der Waals surface area contributed by atoms with Crippen LogP contribution in [0.25, 0.3) is 0 Å². The summed E-state index contributed by atoms with van der Waals surface area (Å²) in [6, 6.07) is 1.79. The summed E-state index contributed by atoms with van der Waals surface area (Å²) >= 11 is 0. The number of carbonyl (C=O) groups is 1. The van der Waals surface area contributed by atoms with E-state index in [0.29, 0.717) is 40.8 Å². The number of nitrogens with zero attached hydrogens (tertiary/aromatic N) is 3. The highest BCUT2D eigenvalue weighted by molar-refractivity contribution is 5.97. The molecule has 3 unspecified atom stereocenters. The minimum absolute atomic E-state index is 0.0571. The van der Waals surface area contributed by atoms with Crippen LogP contribution in [0.2, 0.25) is 0 Å². The lowest BCUT2D eigenvalue weighted by Crippen LogP contribution is -2.56. The summed E-state index contributed by atoms with van der Waals surface area (Å²) in [5, 5.41) is 4.12. The fourth-order valence-electron chi connectivity index (χ4n) is 5.87. The lowest BCUT2D eigenvalue weighted by atomic mass is 9.79. The van der Waals surface area contributed by atoms with E-state index in [1.54, 1.807) is 14.2 Å². The quantitative estimate of drug-likeness (QED) is 0.637. The van der Waals surface area contributed by atoms with Crippen LogP contribution in [0.4, 0.5) is 0 Å². The van der Waals surface area contributed by atoms with Crippen molar-refractivity contribution in [1.82, 2.24) is 14.9 Å². The molecule has 5 aliphatic rings. The van der Waals surface area contributed by atoms with E-state index in [1.807, 2.05) is 17.2 Å². The minimum atomic E-state index is -0.501. The molecule has 0 saturated carbocycles.